The molecule has 2 rings (SSSR count). The predicted molar refractivity (Wildman–Crippen MR) is 116 cm³/mol. The first-order valence-corrected chi connectivity index (χ1v) is 10.0. The van der Waals surface area contributed by atoms with Crippen LogP contribution in [0.25, 0.3) is 0 Å². The van der Waals surface area contributed by atoms with Crippen LogP contribution >= 0.6 is 0 Å². The van der Waals surface area contributed by atoms with Crippen molar-refractivity contribution in [2.45, 2.75) is 19.9 Å². The molecule has 0 aliphatic heterocycles. The van der Waals surface area contributed by atoms with Crippen LogP contribution in [0.1, 0.15) is 29.3 Å². The molecule has 0 fully saturated rings. The Labute approximate surface area is 177 Å². The Hall–Kier alpha value is -3.26. The summed E-state index contributed by atoms with van der Waals surface area (Å²) in [6.07, 6.45) is 0.189. The van der Waals surface area contributed by atoms with Crippen molar-refractivity contribution < 1.29 is 19.1 Å². The number of amides is 2. The Kier molecular flexibility index (Phi) is 9.47. The molecule has 0 aliphatic carbocycles. The van der Waals surface area contributed by atoms with Crippen LogP contribution < -0.4 is 21.5 Å². The first kappa shape index (κ1) is 23.0. The normalized spacial score (nSPS) is 10.3. The number of rotatable bonds is 11. The first-order valence-electron chi connectivity index (χ1n) is 10.0. The molecule has 5 N–H and O–H groups in total. The van der Waals surface area contributed by atoms with Gasteiger partial charge in [-0.15, -0.1) is 0 Å². The van der Waals surface area contributed by atoms with E-state index in [0.717, 1.165) is 5.56 Å². The van der Waals surface area contributed by atoms with Crippen LogP contribution in [-0.4, -0.2) is 49.7 Å². The third-order valence-corrected chi connectivity index (χ3v) is 4.38. The Balaban J connectivity index is 1.77. The molecule has 2 aromatic rings. The number of nitrogens with zero attached hydrogens (tertiary/aromatic N) is 1. The molecule has 0 aliphatic rings. The second-order valence-electron chi connectivity index (χ2n) is 6.61. The molecule has 30 heavy (non-hydrogen) atoms. The van der Waals surface area contributed by atoms with Gasteiger partial charge < -0.3 is 31.2 Å². The topological polar surface area (TPSA) is 120 Å². The highest BCUT2D eigenvalue weighted by Crippen LogP contribution is 2.12. The highest BCUT2D eigenvalue weighted by molar-refractivity contribution is 5.94. The summed E-state index contributed by atoms with van der Waals surface area (Å²) in [5.41, 5.74) is 13.4. The van der Waals surface area contributed by atoms with E-state index in [0.29, 0.717) is 62.8 Å². The van der Waals surface area contributed by atoms with Crippen molar-refractivity contribution in [3.05, 3.63) is 59.7 Å². The number of hydrogen-bond donors (Lipinski definition) is 3. The lowest BCUT2D eigenvalue weighted by molar-refractivity contribution is 0.0942. The number of nitrogens with two attached hydrogens (primary N) is 2. The van der Waals surface area contributed by atoms with Crippen molar-refractivity contribution in [2.24, 2.45) is 5.73 Å². The fourth-order valence-corrected chi connectivity index (χ4v) is 2.71. The summed E-state index contributed by atoms with van der Waals surface area (Å²) in [5.74, 6) is 0.536. The molecule has 0 saturated carbocycles. The molecule has 0 bridgehead atoms. The zero-order valence-corrected chi connectivity index (χ0v) is 17.3. The van der Waals surface area contributed by atoms with Gasteiger partial charge in [0.15, 0.2) is 0 Å². The molecule has 0 spiro atoms. The molecule has 2 amide bonds. The van der Waals surface area contributed by atoms with Crippen LogP contribution in [0, 0.1) is 0 Å². The maximum absolute atomic E-state index is 12.2. The van der Waals surface area contributed by atoms with Crippen LogP contribution in [0.2, 0.25) is 0 Å². The fourth-order valence-electron chi connectivity index (χ4n) is 2.71. The molecule has 162 valence electrons. The van der Waals surface area contributed by atoms with Gasteiger partial charge >= 0.3 is 6.09 Å². The molecule has 0 saturated heterocycles. The highest BCUT2D eigenvalue weighted by atomic mass is 16.6. The number of benzene rings is 2. The van der Waals surface area contributed by atoms with Gasteiger partial charge in [-0.1, -0.05) is 12.1 Å². The molecule has 0 atom stereocenters. The Morgan fingerprint density at radius 1 is 1.03 bits per heavy atom. The number of nitrogens with one attached hydrogen (secondary N) is 1. The molecule has 8 heteroatoms. The van der Waals surface area contributed by atoms with E-state index in [-0.39, 0.29) is 5.91 Å². The van der Waals surface area contributed by atoms with Crippen LogP contribution in [0.4, 0.5) is 10.5 Å². The van der Waals surface area contributed by atoms with Gasteiger partial charge in [-0.2, -0.15) is 0 Å². The summed E-state index contributed by atoms with van der Waals surface area (Å²) in [5, 5.41) is 2.84. The summed E-state index contributed by atoms with van der Waals surface area (Å²) in [4.78, 5) is 25.9. The van der Waals surface area contributed by atoms with E-state index in [9.17, 15) is 9.59 Å². The minimum atomic E-state index is -0.399. The summed E-state index contributed by atoms with van der Waals surface area (Å²) >= 11 is 0. The largest absolute Gasteiger partial charge is 0.492 e. The SMILES string of the molecule is CCOC(=O)N(CCCNC(=O)c1ccc(N)cc1)CCOc1ccc(CN)cc1. The predicted octanol–water partition coefficient (Wildman–Crippen LogP) is 2.38. The van der Waals surface area contributed by atoms with Crippen molar-refractivity contribution in [1.29, 1.82) is 0 Å². The van der Waals surface area contributed by atoms with E-state index in [1.54, 1.807) is 36.1 Å². The number of ether oxygens (including phenoxy) is 2. The van der Waals surface area contributed by atoms with Gasteiger partial charge in [0.1, 0.15) is 12.4 Å². The van der Waals surface area contributed by atoms with Crippen molar-refractivity contribution >= 4 is 17.7 Å². The summed E-state index contributed by atoms with van der Waals surface area (Å²) in [7, 11) is 0. The zero-order chi connectivity index (χ0) is 21.8. The number of carbonyl (C=O) groups is 2. The van der Waals surface area contributed by atoms with Gasteiger partial charge in [0.05, 0.1) is 13.2 Å². The lowest BCUT2D eigenvalue weighted by Gasteiger charge is -2.22. The third-order valence-electron chi connectivity index (χ3n) is 4.38. The number of nitrogen functional groups attached to an aromatic ring is 1. The van der Waals surface area contributed by atoms with Crippen LogP contribution in [-0.2, 0) is 11.3 Å². The van der Waals surface area contributed by atoms with Crippen molar-refractivity contribution in [2.75, 3.05) is 38.6 Å². The Morgan fingerprint density at radius 3 is 2.37 bits per heavy atom. The van der Waals surface area contributed by atoms with Gasteiger partial charge in [0.2, 0.25) is 0 Å². The van der Waals surface area contributed by atoms with Gasteiger partial charge in [0.25, 0.3) is 5.91 Å². The number of anilines is 1. The smallest absolute Gasteiger partial charge is 0.409 e. The summed E-state index contributed by atoms with van der Waals surface area (Å²) in [6, 6.07) is 14.2. The fraction of sp³-hybridized carbons (Fsp3) is 0.364. The molecule has 0 heterocycles. The summed E-state index contributed by atoms with van der Waals surface area (Å²) in [6.45, 7) is 4.12. The van der Waals surface area contributed by atoms with Gasteiger partial charge in [-0.25, -0.2) is 4.79 Å². The van der Waals surface area contributed by atoms with E-state index in [2.05, 4.69) is 5.32 Å². The average molecular weight is 415 g/mol. The second-order valence-corrected chi connectivity index (χ2v) is 6.61. The number of carbonyl (C=O) groups excluding carboxylic acids is 2. The molecular formula is C22H30N4O4. The van der Waals surface area contributed by atoms with E-state index in [4.69, 9.17) is 20.9 Å². The van der Waals surface area contributed by atoms with E-state index in [1.807, 2.05) is 24.3 Å². The monoisotopic (exact) mass is 414 g/mol. The molecular weight excluding hydrogens is 384 g/mol. The van der Waals surface area contributed by atoms with E-state index >= 15 is 0 Å². The molecule has 0 unspecified atom stereocenters. The first-order chi connectivity index (χ1) is 14.5. The van der Waals surface area contributed by atoms with Gasteiger partial charge in [-0.05, 0) is 55.3 Å². The zero-order valence-electron chi connectivity index (χ0n) is 17.3. The third kappa shape index (κ3) is 7.63. The Bertz CT molecular complexity index is 794. The number of hydrogen-bond acceptors (Lipinski definition) is 6. The van der Waals surface area contributed by atoms with Crippen molar-refractivity contribution in [3.8, 4) is 5.75 Å². The van der Waals surface area contributed by atoms with E-state index < -0.39 is 6.09 Å². The van der Waals surface area contributed by atoms with E-state index in [1.165, 1.54) is 0 Å². The highest BCUT2D eigenvalue weighted by Gasteiger charge is 2.14. The quantitative estimate of drug-likeness (QED) is 0.384. The maximum Gasteiger partial charge on any atom is 0.409 e. The average Bonchev–Trinajstić information content (AvgIpc) is 2.76. The van der Waals surface area contributed by atoms with Crippen LogP contribution in [0.15, 0.2) is 48.5 Å². The standard InChI is InChI=1S/C22H30N4O4/c1-2-29-22(28)26(14-15-30-20-10-4-17(16-23)5-11-20)13-3-12-25-21(27)18-6-8-19(24)9-7-18/h4-11H,2-3,12-16,23-24H2,1H3,(H,25,27). The second kappa shape index (κ2) is 12.3. The van der Waals surface area contributed by atoms with Crippen molar-refractivity contribution in [3.63, 3.8) is 0 Å². The molecule has 2 aromatic carbocycles. The van der Waals surface area contributed by atoms with Crippen LogP contribution in [0.3, 0.4) is 0 Å². The van der Waals surface area contributed by atoms with Crippen LogP contribution in [0.5, 0.6) is 5.75 Å². The van der Waals surface area contributed by atoms with Gasteiger partial charge in [-0.3, -0.25) is 4.79 Å². The minimum absolute atomic E-state index is 0.179. The molecule has 0 aromatic heterocycles. The minimum Gasteiger partial charge on any atom is -0.492 e. The summed E-state index contributed by atoms with van der Waals surface area (Å²) < 4.78 is 10.8. The lowest BCUT2D eigenvalue weighted by Crippen LogP contribution is -2.37. The Morgan fingerprint density at radius 2 is 1.73 bits per heavy atom. The van der Waals surface area contributed by atoms with Gasteiger partial charge in [0, 0.05) is 30.9 Å². The van der Waals surface area contributed by atoms with Crippen molar-refractivity contribution in [1.82, 2.24) is 10.2 Å². The lowest BCUT2D eigenvalue weighted by atomic mass is 10.2. The molecule has 8 nitrogen and oxygen atoms in total. The molecule has 0 radical (unpaired) electrons. The maximum atomic E-state index is 12.2.